The number of nitrogens with one attached hydrogen (secondary N) is 1. The first-order valence-electron chi connectivity index (χ1n) is 12.3. The predicted molar refractivity (Wildman–Crippen MR) is 146 cm³/mol. The smallest absolute Gasteiger partial charge is 0.478 e. The number of likely N-dealkylation sites (N-methyl/N-ethyl adjacent to an activating group) is 1. The average molecular weight is 600 g/mol. The van der Waals surface area contributed by atoms with Crippen LogP contribution in [-0.2, 0) is 27.8 Å². The minimum Gasteiger partial charge on any atom is -0.478 e. The molecule has 0 saturated carbocycles. The number of aromatic nitrogens is 3. The lowest BCUT2D eigenvalue weighted by Gasteiger charge is -2.21. The zero-order chi connectivity index (χ0) is 31.3. The van der Waals surface area contributed by atoms with Crippen LogP contribution in [0.2, 0.25) is 0 Å². The number of nitrogens with zero attached hydrogens (tertiary/aromatic N) is 4. The number of halogens is 3. The van der Waals surface area contributed by atoms with Crippen LogP contribution in [0.1, 0.15) is 45.4 Å². The normalized spacial score (nSPS) is 11.4. The first-order valence-corrected chi connectivity index (χ1v) is 13.7. The van der Waals surface area contributed by atoms with Gasteiger partial charge in [0.05, 0.1) is 22.5 Å². The topological polar surface area (TPSA) is 155 Å². The molecule has 0 saturated heterocycles. The Bertz CT molecular complexity index is 1520. The van der Waals surface area contributed by atoms with Crippen LogP contribution in [-0.4, -0.2) is 65.1 Å². The highest BCUT2D eigenvalue weighted by Crippen LogP contribution is 2.24. The fourth-order valence-electron chi connectivity index (χ4n) is 4.07. The Morgan fingerprint density at radius 1 is 1.05 bits per heavy atom. The summed E-state index contributed by atoms with van der Waals surface area (Å²) in [5.74, 6) is -3.68. The number of aromatic carboxylic acids is 1. The lowest BCUT2D eigenvalue weighted by atomic mass is 10.1. The van der Waals surface area contributed by atoms with E-state index in [1.54, 1.807) is 24.1 Å². The molecule has 11 nitrogen and oxygen atoms in total. The molecule has 0 atom stereocenters. The highest BCUT2D eigenvalue weighted by atomic mass is 32.2. The SMILES string of the molecule is CCn1nc(C)c(CCN(C)c2ncc(NS(=O)(=O)c3cc(C)cc(C)c3)cc2C(=O)O)c1C.O=C(O)C(F)(F)F. The number of rotatable bonds is 9. The Balaban J connectivity index is 0.000000745. The van der Waals surface area contributed by atoms with Crippen LogP contribution >= 0.6 is 0 Å². The summed E-state index contributed by atoms with van der Waals surface area (Å²) in [6.45, 7) is 11.0. The zero-order valence-electron chi connectivity index (χ0n) is 23.4. The van der Waals surface area contributed by atoms with Crippen molar-refractivity contribution < 1.29 is 41.4 Å². The van der Waals surface area contributed by atoms with E-state index < -0.39 is 28.1 Å². The van der Waals surface area contributed by atoms with Gasteiger partial charge in [-0.05, 0) is 75.9 Å². The maximum Gasteiger partial charge on any atom is 0.490 e. The number of alkyl halides is 3. The molecule has 2 aromatic heterocycles. The average Bonchev–Trinajstić information content (AvgIpc) is 3.13. The quantitative estimate of drug-likeness (QED) is 0.326. The standard InChI is InChI=1S/C24H31N5O4S.C2HF3O2/c1-7-29-18(5)21(17(4)26-29)8-9-28(6)23-22(24(30)31)13-19(14-25-23)27-34(32,33)20-11-15(2)10-16(3)12-20;3-2(4,5)1(6)7/h10-14,27H,7-9H2,1-6H3,(H,30,31);(H,6,7). The molecule has 0 aliphatic rings. The summed E-state index contributed by atoms with van der Waals surface area (Å²) < 4.78 is 61.8. The number of sulfonamides is 1. The zero-order valence-corrected chi connectivity index (χ0v) is 24.2. The van der Waals surface area contributed by atoms with Crippen LogP contribution in [0.15, 0.2) is 35.4 Å². The molecule has 0 aliphatic heterocycles. The van der Waals surface area contributed by atoms with Crippen molar-refractivity contribution in [2.24, 2.45) is 0 Å². The molecule has 0 spiro atoms. The fourth-order valence-corrected chi connectivity index (χ4v) is 5.29. The minimum atomic E-state index is -5.08. The summed E-state index contributed by atoms with van der Waals surface area (Å²) >= 11 is 0. The number of aliphatic carboxylic acids is 1. The van der Waals surface area contributed by atoms with Gasteiger partial charge in [0.2, 0.25) is 0 Å². The van der Waals surface area contributed by atoms with Crippen molar-refractivity contribution in [1.82, 2.24) is 14.8 Å². The number of anilines is 2. The number of hydrogen-bond acceptors (Lipinski definition) is 7. The molecule has 0 fully saturated rings. The molecule has 0 radical (unpaired) electrons. The van der Waals surface area contributed by atoms with E-state index in [4.69, 9.17) is 9.90 Å². The summed E-state index contributed by atoms with van der Waals surface area (Å²) in [4.78, 5) is 27.0. The summed E-state index contributed by atoms with van der Waals surface area (Å²) in [6, 6.07) is 6.30. The second-order valence-electron chi connectivity index (χ2n) is 9.27. The number of benzene rings is 1. The minimum absolute atomic E-state index is 0.0826. The van der Waals surface area contributed by atoms with Gasteiger partial charge in [0.1, 0.15) is 11.4 Å². The third-order valence-electron chi connectivity index (χ3n) is 5.99. The molecule has 0 aliphatic carbocycles. The van der Waals surface area contributed by atoms with Crippen LogP contribution in [0.5, 0.6) is 0 Å². The van der Waals surface area contributed by atoms with Crippen molar-refractivity contribution in [2.75, 3.05) is 23.2 Å². The molecule has 0 unspecified atom stereocenters. The van der Waals surface area contributed by atoms with E-state index in [1.165, 1.54) is 12.3 Å². The summed E-state index contributed by atoms with van der Waals surface area (Å²) in [6.07, 6.45) is -3.07. The molecule has 1 aromatic carbocycles. The summed E-state index contributed by atoms with van der Waals surface area (Å²) in [7, 11) is -2.13. The van der Waals surface area contributed by atoms with Crippen LogP contribution in [0.25, 0.3) is 0 Å². The lowest BCUT2D eigenvalue weighted by Crippen LogP contribution is -2.24. The van der Waals surface area contributed by atoms with Crippen LogP contribution < -0.4 is 9.62 Å². The lowest BCUT2D eigenvalue weighted by molar-refractivity contribution is -0.192. The van der Waals surface area contributed by atoms with Crippen molar-refractivity contribution in [3.8, 4) is 0 Å². The van der Waals surface area contributed by atoms with Crippen molar-refractivity contribution in [3.05, 3.63) is 64.1 Å². The summed E-state index contributed by atoms with van der Waals surface area (Å²) in [5.41, 5.74) is 4.81. The largest absolute Gasteiger partial charge is 0.490 e. The molecule has 0 amide bonds. The highest BCUT2D eigenvalue weighted by Gasteiger charge is 2.38. The van der Waals surface area contributed by atoms with Gasteiger partial charge in [-0.15, -0.1) is 0 Å². The third-order valence-corrected chi connectivity index (χ3v) is 7.35. The molecular formula is C26H32F3N5O6S. The van der Waals surface area contributed by atoms with Crippen molar-refractivity contribution in [3.63, 3.8) is 0 Å². The Morgan fingerprint density at radius 2 is 1.61 bits per heavy atom. The molecule has 224 valence electrons. The molecule has 3 rings (SSSR count). The number of carboxylic acids is 2. The maximum atomic E-state index is 12.9. The van der Waals surface area contributed by atoms with Gasteiger partial charge in [-0.2, -0.15) is 18.3 Å². The van der Waals surface area contributed by atoms with Crippen LogP contribution in [0.3, 0.4) is 0 Å². The van der Waals surface area contributed by atoms with Gasteiger partial charge in [0.25, 0.3) is 10.0 Å². The fraction of sp³-hybridized carbons (Fsp3) is 0.385. The van der Waals surface area contributed by atoms with E-state index in [0.717, 1.165) is 34.6 Å². The van der Waals surface area contributed by atoms with Gasteiger partial charge in [0, 0.05) is 25.8 Å². The number of hydrogen-bond donors (Lipinski definition) is 3. The van der Waals surface area contributed by atoms with E-state index >= 15 is 0 Å². The molecule has 3 aromatic rings. The van der Waals surface area contributed by atoms with Gasteiger partial charge in [-0.3, -0.25) is 9.40 Å². The number of aryl methyl sites for hydroxylation is 4. The van der Waals surface area contributed by atoms with Crippen molar-refractivity contribution in [1.29, 1.82) is 0 Å². The van der Waals surface area contributed by atoms with E-state index in [0.29, 0.717) is 13.0 Å². The van der Waals surface area contributed by atoms with E-state index in [-0.39, 0.29) is 22.0 Å². The Labute approximate surface area is 235 Å². The van der Waals surface area contributed by atoms with Gasteiger partial charge in [0.15, 0.2) is 0 Å². The maximum absolute atomic E-state index is 12.9. The third kappa shape index (κ3) is 8.67. The van der Waals surface area contributed by atoms with Gasteiger partial charge in [-0.25, -0.2) is 23.0 Å². The second kappa shape index (κ2) is 13.0. The van der Waals surface area contributed by atoms with Gasteiger partial charge in [-0.1, -0.05) is 6.07 Å². The van der Waals surface area contributed by atoms with Gasteiger partial charge >= 0.3 is 18.1 Å². The molecule has 0 bridgehead atoms. The monoisotopic (exact) mass is 599 g/mol. The second-order valence-corrected chi connectivity index (χ2v) is 11.0. The summed E-state index contributed by atoms with van der Waals surface area (Å²) in [5, 5.41) is 21.4. The predicted octanol–water partition coefficient (Wildman–Crippen LogP) is 4.34. The Morgan fingerprint density at radius 3 is 2.07 bits per heavy atom. The van der Waals surface area contributed by atoms with Gasteiger partial charge < -0.3 is 15.1 Å². The van der Waals surface area contributed by atoms with Crippen molar-refractivity contribution in [2.45, 2.75) is 58.7 Å². The first kappa shape index (κ1) is 33.1. The number of carbonyl (C=O) groups is 2. The van der Waals surface area contributed by atoms with E-state index in [2.05, 4.69) is 14.8 Å². The molecule has 15 heteroatoms. The molecule has 41 heavy (non-hydrogen) atoms. The molecule has 2 heterocycles. The highest BCUT2D eigenvalue weighted by molar-refractivity contribution is 7.92. The Hall–Kier alpha value is -4.14. The number of pyridine rings is 1. The molecular weight excluding hydrogens is 567 g/mol. The van der Waals surface area contributed by atoms with Crippen LogP contribution in [0, 0.1) is 27.7 Å². The van der Waals surface area contributed by atoms with E-state index in [9.17, 15) is 31.5 Å². The van der Waals surface area contributed by atoms with E-state index in [1.807, 2.05) is 45.4 Å². The van der Waals surface area contributed by atoms with Crippen LogP contribution in [0.4, 0.5) is 24.7 Å². The molecule has 3 N–H and O–H groups in total. The Kier molecular flexibility index (Phi) is 10.5. The number of carboxylic acid groups (broad SMARTS) is 2. The van der Waals surface area contributed by atoms with Crippen molar-refractivity contribution >= 4 is 33.5 Å². The first-order chi connectivity index (χ1) is 18.9.